The van der Waals surface area contributed by atoms with E-state index >= 15 is 0 Å². The molecule has 0 spiro atoms. The summed E-state index contributed by atoms with van der Waals surface area (Å²) in [5, 5.41) is 4.79. The van der Waals surface area contributed by atoms with Gasteiger partial charge in [0.2, 0.25) is 0 Å². The standard InChI is InChI=1S/C13H18N3O3PS/c1-3-18-20(17,19-4-2)11-8-6-5-7-10(11)12-9-15-16-13(14)21-12/h5-9,15H,3-4H2,1-2H3,(H2,14,16). The smallest absolute Gasteiger partial charge is 0.361 e. The quantitative estimate of drug-likeness (QED) is 0.781. The van der Waals surface area contributed by atoms with Crippen molar-refractivity contribution in [3.63, 3.8) is 0 Å². The minimum absolute atomic E-state index is 0.305. The van der Waals surface area contributed by atoms with Gasteiger partial charge in [-0.2, -0.15) is 5.10 Å². The molecule has 2 rings (SSSR count). The Labute approximate surface area is 128 Å². The molecule has 114 valence electrons. The topological polar surface area (TPSA) is 85.9 Å². The first-order valence-electron chi connectivity index (χ1n) is 6.56. The molecule has 0 aromatic heterocycles. The fourth-order valence-electron chi connectivity index (χ4n) is 1.89. The van der Waals surface area contributed by atoms with Crippen molar-refractivity contribution in [2.75, 3.05) is 13.2 Å². The molecule has 6 nitrogen and oxygen atoms in total. The zero-order valence-electron chi connectivity index (χ0n) is 11.9. The van der Waals surface area contributed by atoms with Gasteiger partial charge < -0.3 is 14.8 Å². The van der Waals surface area contributed by atoms with Gasteiger partial charge in [-0.1, -0.05) is 18.2 Å². The van der Waals surface area contributed by atoms with Crippen LogP contribution in [0, 0.1) is 0 Å². The van der Waals surface area contributed by atoms with Crippen LogP contribution in [0.2, 0.25) is 0 Å². The van der Waals surface area contributed by atoms with Crippen LogP contribution in [0.4, 0.5) is 0 Å². The molecule has 1 aromatic rings. The van der Waals surface area contributed by atoms with Gasteiger partial charge in [0, 0.05) is 16.7 Å². The average Bonchev–Trinajstić information content (AvgIpc) is 2.48. The maximum absolute atomic E-state index is 13.0. The molecule has 0 amide bonds. The Bertz CT molecular complexity index is 608. The van der Waals surface area contributed by atoms with Gasteiger partial charge in [-0.05, 0) is 31.7 Å². The Hall–Kier alpha value is -1.27. The van der Waals surface area contributed by atoms with Crippen molar-refractivity contribution in [1.29, 1.82) is 0 Å². The summed E-state index contributed by atoms with van der Waals surface area (Å²) in [4.78, 5) is 0.817. The van der Waals surface area contributed by atoms with Gasteiger partial charge in [-0.3, -0.25) is 9.99 Å². The lowest BCUT2D eigenvalue weighted by atomic mass is 10.2. The highest BCUT2D eigenvalue weighted by Gasteiger charge is 2.30. The van der Waals surface area contributed by atoms with Gasteiger partial charge >= 0.3 is 7.60 Å². The number of rotatable bonds is 6. The lowest BCUT2D eigenvalue weighted by Gasteiger charge is -2.21. The van der Waals surface area contributed by atoms with E-state index in [0.29, 0.717) is 23.7 Å². The molecule has 1 aromatic carbocycles. The van der Waals surface area contributed by atoms with E-state index in [-0.39, 0.29) is 0 Å². The summed E-state index contributed by atoms with van der Waals surface area (Å²) in [7, 11) is -3.36. The number of hydrazone groups is 1. The van der Waals surface area contributed by atoms with E-state index in [4.69, 9.17) is 14.8 Å². The first kappa shape index (κ1) is 16.1. The summed E-state index contributed by atoms with van der Waals surface area (Å²) < 4.78 is 23.9. The lowest BCUT2D eigenvalue weighted by Crippen LogP contribution is -2.19. The normalized spacial score (nSPS) is 15.1. The van der Waals surface area contributed by atoms with E-state index in [1.165, 1.54) is 11.8 Å². The maximum atomic E-state index is 13.0. The summed E-state index contributed by atoms with van der Waals surface area (Å²) in [5.41, 5.74) is 9.21. The van der Waals surface area contributed by atoms with Gasteiger partial charge in [0.15, 0.2) is 5.17 Å². The number of nitrogens with one attached hydrogen (secondary N) is 1. The Balaban J connectivity index is 2.45. The molecular weight excluding hydrogens is 309 g/mol. The predicted octanol–water partition coefficient (Wildman–Crippen LogP) is 2.44. The van der Waals surface area contributed by atoms with Crippen LogP contribution < -0.4 is 16.5 Å². The summed E-state index contributed by atoms with van der Waals surface area (Å²) in [6.45, 7) is 4.18. The predicted molar refractivity (Wildman–Crippen MR) is 87.3 cm³/mol. The van der Waals surface area contributed by atoms with E-state index < -0.39 is 7.60 Å². The van der Waals surface area contributed by atoms with Crippen LogP contribution in [0.25, 0.3) is 4.91 Å². The molecule has 8 heteroatoms. The first-order chi connectivity index (χ1) is 10.1. The van der Waals surface area contributed by atoms with Crippen molar-refractivity contribution in [3.05, 3.63) is 36.0 Å². The van der Waals surface area contributed by atoms with Crippen molar-refractivity contribution in [2.45, 2.75) is 13.8 Å². The Kier molecular flexibility index (Phi) is 5.47. The van der Waals surface area contributed by atoms with Gasteiger partial charge in [0.25, 0.3) is 0 Å². The number of benzene rings is 1. The molecule has 21 heavy (non-hydrogen) atoms. The monoisotopic (exact) mass is 327 g/mol. The van der Waals surface area contributed by atoms with Crippen LogP contribution in [0.1, 0.15) is 19.4 Å². The second kappa shape index (κ2) is 7.13. The zero-order chi connectivity index (χ0) is 15.3. The molecule has 0 radical (unpaired) electrons. The number of amidine groups is 1. The first-order valence-corrected chi connectivity index (χ1v) is 8.92. The van der Waals surface area contributed by atoms with Crippen LogP contribution in [0.3, 0.4) is 0 Å². The summed E-state index contributed by atoms with van der Waals surface area (Å²) in [5.74, 6) is 0. The van der Waals surface area contributed by atoms with Gasteiger partial charge in [-0.25, -0.2) is 0 Å². The van der Waals surface area contributed by atoms with Crippen molar-refractivity contribution in [2.24, 2.45) is 10.8 Å². The Morgan fingerprint density at radius 3 is 2.57 bits per heavy atom. The van der Waals surface area contributed by atoms with Gasteiger partial charge in [0.05, 0.1) is 18.5 Å². The number of nitrogens with zero attached hydrogens (tertiary/aromatic N) is 1. The highest BCUT2D eigenvalue weighted by Crippen LogP contribution is 2.49. The molecule has 0 aliphatic carbocycles. The van der Waals surface area contributed by atoms with Crippen molar-refractivity contribution in [3.8, 4) is 0 Å². The van der Waals surface area contributed by atoms with E-state index in [1.807, 2.05) is 18.2 Å². The van der Waals surface area contributed by atoms with Crippen LogP contribution in [-0.4, -0.2) is 18.4 Å². The van der Waals surface area contributed by atoms with Gasteiger partial charge in [0.1, 0.15) is 0 Å². The number of nitrogens with two attached hydrogens (primary N) is 1. The maximum Gasteiger partial charge on any atom is 0.361 e. The zero-order valence-corrected chi connectivity index (χ0v) is 13.6. The van der Waals surface area contributed by atoms with E-state index in [1.54, 1.807) is 26.1 Å². The Morgan fingerprint density at radius 2 is 1.95 bits per heavy atom. The molecule has 0 bridgehead atoms. The third kappa shape index (κ3) is 3.68. The molecular formula is C13H18N3O3PS. The van der Waals surface area contributed by atoms with Crippen LogP contribution >= 0.6 is 19.4 Å². The van der Waals surface area contributed by atoms with Gasteiger partial charge in [-0.15, -0.1) is 0 Å². The third-order valence-electron chi connectivity index (χ3n) is 2.65. The minimum Gasteiger partial charge on any atom is -0.377 e. The fourth-order valence-corrected chi connectivity index (χ4v) is 4.48. The van der Waals surface area contributed by atoms with Crippen LogP contribution in [-0.2, 0) is 13.6 Å². The molecule has 0 saturated carbocycles. The fraction of sp³-hybridized carbons (Fsp3) is 0.308. The molecule has 1 aliphatic rings. The molecule has 0 fully saturated rings. The van der Waals surface area contributed by atoms with E-state index in [9.17, 15) is 4.57 Å². The van der Waals surface area contributed by atoms with Crippen LogP contribution in [0.15, 0.2) is 35.6 Å². The number of hydrogen-bond acceptors (Lipinski definition) is 7. The second-order valence-corrected chi connectivity index (χ2v) is 7.10. The van der Waals surface area contributed by atoms with Crippen molar-refractivity contribution < 1.29 is 13.6 Å². The molecule has 0 atom stereocenters. The molecule has 3 N–H and O–H groups in total. The molecule has 1 aliphatic heterocycles. The largest absolute Gasteiger partial charge is 0.377 e. The summed E-state index contributed by atoms with van der Waals surface area (Å²) in [6.07, 6.45) is 1.71. The molecule has 1 heterocycles. The minimum atomic E-state index is -3.36. The lowest BCUT2D eigenvalue weighted by molar-refractivity contribution is 0.230. The number of thioether (sulfide) groups is 1. The van der Waals surface area contributed by atoms with E-state index in [2.05, 4.69) is 10.5 Å². The summed E-state index contributed by atoms with van der Waals surface area (Å²) >= 11 is 1.30. The summed E-state index contributed by atoms with van der Waals surface area (Å²) in [6, 6.07) is 7.29. The average molecular weight is 327 g/mol. The Morgan fingerprint density at radius 1 is 1.29 bits per heavy atom. The highest BCUT2D eigenvalue weighted by molar-refractivity contribution is 8.21. The SMILES string of the molecule is CCOP(=O)(OCC)c1ccccc1C1=CNN=C(N)S1. The third-order valence-corrected chi connectivity index (χ3v) is 5.68. The second-order valence-electron chi connectivity index (χ2n) is 4.04. The van der Waals surface area contributed by atoms with E-state index in [0.717, 1.165) is 10.5 Å². The molecule has 0 unspecified atom stereocenters. The van der Waals surface area contributed by atoms with Crippen molar-refractivity contribution >= 4 is 34.7 Å². The van der Waals surface area contributed by atoms with Crippen molar-refractivity contribution in [1.82, 2.24) is 5.43 Å². The molecule has 0 saturated heterocycles. The highest BCUT2D eigenvalue weighted by atomic mass is 32.2. The van der Waals surface area contributed by atoms with Crippen LogP contribution in [0.5, 0.6) is 0 Å². The number of hydrogen-bond donors (Lipinski definition) is 2.